The van der Waals surface area contributed by atoms with Gasteiger partial charge in [-0.1, -0.05) is 6.92 Å². The van der Waals surface area contributed by atoms with Crippen LogP contribution in [0, 0.1) is 0 Å². The lowest BCUT2D eigenvalue weighted by Crippen LogP contribution is -2.11. The molecule has 0 radical (unpaired) electrons. The average Bonchev–Trinajstić information content (AvgIpc) is 2.87. The van der Waals surface area contributed by atoms with Crippen molar-refractivity contribution in [2.45, 2.75) is 19.9 Å². The van der Waals surface area contributed by atoms with Gasteiger partial charge >= 0.3 is 0 Å². The topological polar surface area (TPSA) is 52.7 Å². The highest BCUT2D eigenvalue weighted by molar-refractivity contribution is 6.06. The summed E-state index contributed by atoms with van der Waals surface area (Å²) in [5.74, 6) is -0.0773. The van der Waals surface area contributed by atoms with E-state index >= 15 is 0 Å². The van der Waals surface area contributed by atoms with E-state index in [1.165, 1.54) is 0 Å². The Morgan fingerprint density at radius 1 is 1.50 bits per heavy atom. The van der Waals surface area contributed by atoms with Gasteiger partial charge in [0.2, 0.25) is 5.78 Å². The van der Waals surface area contributed by atoms with Crippen molar-refractivity contribution >= 4 is 5.78 Å². The van der Waals surface area contributed by atoms with Gasteiger partial charge in [-0.3, -0.25) is 9.48 Å². The Morgan fingerprint density at radius 3 is 2.94 bits per heavy atom. The lowest BCUT2D eigenvalue weighted by atomic mass is 10.2. The lowest BCUT2D eigenvalue weighted by Gasteiger charge is -2.02. The fourth-order valence-corrected chi connectivity index (χ4v) is 1.58. The third kappa shape index (κ3) is 1.88. The van der Waals surface area contributed by atoms with Gasteiger partial charge in [0.1, 0.15) is 11.4 Å². The molecule has 5 heteroatoms. The zero-order valence-electron chi connectivity index (χ0n) is 9.42. The Labute approximate surface area is 93.7 Å². The van der Waals surface area contributed by atoms with Gasteiger partial charge in [-0.05, 0) is 12.5 Å². The van der Waals surface area contributed by atoms with Crippen molar-refractivity contribution in [1.82, 2.24) is 19.3 Å². The molecule has 0 aliphatic rings. The second-order valence-corrected chi connectivity index (χ2v) is 3.69. The summed E-state index contributed by atoms with van der Waals surface area (Å²) < 4.78 is 3.48. The number of carbonyl (C=O) groups excluding carboxylic acids is 1. The minimum Gasteiger partial charge on any atom is -0.340 e. The van der Waals surface area contributed by atoms with Crippen molar-refractivity contribution < 1.29 is 4.79 Å². The standard InChI is InChI=1S/C11H14N4O/c1-3-6-15-10(4-5-13-15)11(16)9-7-14(2)8-12-9/h4-5,7-8H,3,6H2,1-2H3. The maximum atomic E-state index is 12.1. The molecule has 0 aliphatic heterocycles. The molecule has 2 heterocycles. The molecule has 0 unspecified atom stereocenters. The molecule has 0 spiro atoms. The van der Waals surface area contributed by atoms with E-state index in [9.17, 15) is 4.79 Å². The number of nitrogens with zero attached hydrogens (tertiary/aromatic N) is 4. The van der Waals surface area contributed by atoms with E-state index in [1.807, 2.05) is 7.05 Å². The number of hydrogen-bond acceptors (Lipinski definition) is 3. The summed E-state index contributed by atoms with van der Waals surface area (Å²) in [6.45, 7) is 2.80. The molecule has 0 aliphatic carbocycles. The predicted molar refractivity (Wildman–Crippen MR) is 59.2 cm³/mol. The van der Waals surface area contributed by atoms with Crippen molar-refractivity contribution in [3.05, 3.63) is 36.2 Å². The van der Waals surface area contributed by atoms with Crippen LogP contribution in [0.25, 0.3) is 0 Å². The third-order valence-corrected chi connectivity index (χ3v) is 2.32. The monoisotopic (exact) mass is 218 g/mol. The number of carbonyl (C=O) groups is 1. The molecule has 2 aromatic rings. The summed E-state index contributed by atoms with van der Waals surface area (Å²) >= 11 is 0. The average molecular weight is 218 g/mol. The molecular weight excluding hydrogens is 204 g/mol. The second-order valence-electron chi connectivity index (χ2n) is 3.69. The molecule has 16 heavy (non-hydrogen) atoms. The fraction of sp³-hybridized carbons (Fsp3) is 0.364. The highest BCUT2D eigenvalue weighted by atomic mass is 16.1. The number of aromatic nitrogens is 4. The smallest absolute Gasteiger partial charge is 0.230 e. The van der Waals surface area contributed by atoms with Crippen LogP contribution >= 0.6 is 0 Å². The fourth-order valence-electron chi connectivity index (χ4n) is 1.58. The van der Waals surface area contributed by atoms with E-state index in [0.717, 1.165) is 13.0 Å². The van der Waals surface area contributed by atoms with Crippen molar-refractivity contribution in [3.63, 3.8) is 0 Å². The quantitative estimate of drug-likeness (QED) is 0.726. The second kappa shape index (κ2) is 4.30. The number of imidazole rings is 1. The van der Waals surface area contributed by atoms with Crippen molar-refractivity contribution in [2.24, 2.45) is 7.05 Å². The normalized spacial score (nSPS) is 10.6. The van der Waals surface area contributed by atoms with Crippen LogP contribution in [0.1, 0.15) is 29.5 Å². The first-order valence-electron chi connectivity index (χ1n) is 5.27. The third-order valence-electron chi connectivity index (χ3n) is 2.32. The highest BCUT2D eigenvalue weighted by Gasteiger charge is 2.15. The largest absolute Gasteiger partial charge is 0.340 e. The Kier molecular flexibility index (Phi) is 2.85. The van der Waals surface area contributed by atoms with Crippen LogP contribution in [0.15, 0.2) is 24.8 Å². The van der Waals surface area contributed by atoms with Crippen LogP contribution in [0.4, 0.5) is 0 Å². The zero-order valence-corrected chi connectivity index (χ0v) is 9.42. The molecular formula is C11H14N4O. The van der Waals surface area contributed by atoms with Gasteiger partial charge in [-0.25, -0.2) is 4.98 Å². The maximum absolute atomic E-state index is 12.1. The van der Waals surface area contributed by atoms with Gasteiger partial charge in [0, 0.05) is 26.0 Å². The first kappa shape index (κ1) is 10.6. The molecule has 2 rings (SSSR count). The Balaban J connectivity index is 2.30. The van der Waals surface area contributed by atoms with Gasteiger partial charge in [0.25, 0.3) is 0 Å². The first-order valence-corrected chi connectivity index (χ1v) is 5.27. The van der Waals surface area contributed by atoms with E-state index in [0.29, 0.717) is 11.4 Å². The molecule has 0 saturated carbocycles. The molecule has 0 fully saturated rings. The zero-order chi connectivity index (χ0) is 11.5. The Morgan fingerprint density at radius 2 is 2.31 bits per heavy atom. The van der Waals surface area contributed by atoms with E-state index < -0.39 is 0 Å². The molecule has 0 N–H and O–H groups in total. The van der Waals surface area contributed by atoms with E-state index in [-0.39, 0.29) is 5.78 Å². The van der Waals surface area contributed by atoms with Crippen molar-refractivity contribution in [3.8, 4) is 0 Å². The van der Waals surface area contributed by atoms with Crippen molar-refractivity contribution in [1.29, 1.82) is 0 Å². The maximum Gasteiger partial charge on any atom is 0.230 e. The van der Waals surface area contributed by atoms with Gasteiger partial charge < -0.3 is 4.57 Å². The molecule has 0 aromatic carbocycles. The molecule has 0 amide bonds. The molecule has 0 atom stereocenters. The highest BCUT2D eigenvalue weighted by Crippen LogP contribution is 2.07. The minimum atomic E-state index is -0.0773. The summed E-state index contributed by atoms with van der Waals surface area (Å²) in [5, 5.41) is 4.12. The van der Waals surface area contributed by atoms with Gasteiger partial charge in [-0.2, -0.15) is 5.10 Å². The number of hydrogen-bond donors (Lipinski definition) is 0. The van der Waals surface area contributed by atoms with Crippen LogP contribution in [0.3, 0.4) is 0 Å². The first-order chi connectivity index (χ1) is 7.72. The summed E-state index contributed by atoms with van der Waals surface area (Å²) in [7, 11) is 1.84. The summed E-state index contributed by atoms with van der Waals surface area (Å²) in [5.41, 5.74) is 1.06. The van der Waals surface area contributed by atoms with Crippen LogP contribution in [0.2, 0.25) is 0 Å². The van der Waals surface area contributed by atoms with Crippen LogP contribution in [-0.2, 0) is 13.6 Å². The minimum absolute atomic E-state index is 0.0773. The van der Waals surface area contributed by atoms with Crippen molar-refractivity contribution in [2.75, 3.05) is 0 Å². The molecule has 84 valence electrons. The van der Waals surface area contributed by atoms with Crippen LogP contribution < -0.4 is 0 Å². The Bertz CT molecular complexity index is 498. The summed E-state index contributed by atoms with van der Waals surface area (Å²) in [4.78, 5) is 16.1. The number of rotatable bonds is 4. The molecule has 2 aromatic heterocycles. The number of ketones is 1. The molecule has 0 bridgehead atoms. The van der Waals surface area contributed by atoms with Crippen LogP contribution in [0.5, 0.6) is 0 Å². The lowest BCUT2D eigenvalue weighted by molar-refractivity contribution is 0.102. The van der Waals surface area contributed by atoms with E-state index in [4.69, 9.17) is 0 Å². The summed E-state index contributed by atoms with van der Waals surface area (Å²) in [6.07, 6.45) is 5.93. The number of aryl methyl sites for hydroxylation is 2. The SMILES string of the molecule is CCCn1nccc1C(=O)c1cn(C)cn1. The van der Waals surface area contributed by atoms with Gasteiger partial charge in [0.05, 0.1) is 6.33 Å². The molecule has 5 nitrogen and oxygen atoms in total. The summed E-state index contributed by atoms with van der Waals surface area (Å²) in [6, 6.07) is 1.73. The Hall–Kier alpha value is -1.91. The van der Waals surface area contributed by atoms with Gasteiger partial charge in [-0.15, -0.1) is 0 Å². The van der Waals surface area contributed by atoms with E-state index in [1.54, 1.807) is 34.0 Å². The predicted octanol–water partition coefficient (Wildman–Crippen LogP) is 1.26. The van der Waals surface area contributed by atoms with Gasteiger partial charge in [0.15, 0.2) is 0 Å². The van der Waals surface area contributed by atoms with Crippen LogP contribution in [-0.4, -0.2) is 25.1 Å². The van der Waals surface area contributed by atoms with E-state index in [2.05, 4.69) is 17.0 Å². The molecule has 0 saturated heterocycles.